The Hall–Kier alpha value is -0.910. The zero-order valence-corrected chi connectivity index (χ0v) is 11.3. The van der Waals surface area contributed by atoms with Gasteiger partial charge in [-0.1, -0.05) is 0 Å². The van der Waals surface area contributed by atoms with Crippen LogP contribution in [0.3, 0.4) is 0 Å². The molecule has 1 saturated carbocycles. The lowest BCUT2D eigenvalue weighted by Crippen LogP contribution is -2.31. The van der Waals surface area contributed by atoms with E-state index in [1.807, 2.05) is 26.4 Å². The normalized spacial score (nSPS) is 15.5. The maximum atomic E-state index is 5.48. The van der Waals surface area contributed by atoms with E-state index in [1.165, 1.54) is 18.5 Å². The zero-order chi connectivity index (χ0) is 12.8. The van der Waals surface area contributed by atoms with Gasteiger partial charge in [-0.2, -0.15) is 0 Å². The molecule has 1 fully saturated rings. The van der Waals surface area contributed by atoms with Crippen molar-refractivity contribution in [1.29, 1.82) is 0 Å². The lowest BCUT2D eigenvalue weighted by molar-refractivity contribution is -0.133. The van der Waals surface area contributed by atoms with Gasteiger partial charge in [-0.15, -0.1) is 0 Å². The van der Waals surface area contributed by atoms with Crippen molar-refractivity contribution in [2.45, 2.75) is 45.6 Å². The smallest absolute Gasteiger partial charge is 0.169 e. The number of nitrogens with zero attached hydrogens (tertiary/aromatic N) is 2. The number of hydrogen-bond donors (Lipinski definition) is 1. The van der Waals surface area contributed by atoms with Gasteiger partial charge in [0.15, 0.2) is 6.29 Å². The average Bonchev–Trinajstić information content (AvgIpc) is 3.10. The molecule has 0 atom stereocenters. The Morgan fingerprint density at radius 2 is 2.11 bits per heavy atom. The fraction of sp³-hybridized carbons (Fsp3) is 0.769. The van der Waals surface area contributed by atoms with Gasteiger partial charge in [-0.3, -0.25) is 0 Å². The minimum atomic E-state index is -0.155. The SMILES string of the molecule is CCOC(CNCc1cncn1C1CC1)OCC. The topological polar surface area (TPSA) is 48.3 Å². The molecule has 5 nitrogen and oxygen atoms in total. The Morgan fingerprint density at radius 1 is 1.39 bits per heavy atom. The molecule has 18 heavy (non-hydrogen) atoms. The fourth-order valence-corrected chi connectivity index (χ4v) is 2.01. The molecule has 1 aromatic heterocycles. The Balaban J connectivity index is 1.74. The van der Waals surface area contributed by atoms with Gasteiger partial charge < -0.3 is 19.4 Å². The molecule has 0 saturated heterocycles. The molecule has 0 spiro atoms. The molecule has 0 unspecified atom stereocenters. The van der Waals surface area contributed by atoms with Crippen molar-refractivity contribution >= 4 is 0 Å². The van der Waals surface area contributed by atoms with Gasteiger partial charge in [0.05, 0.1) is 12.0 Å². The Morgan fingerprint density at radius 3 is 2.72 bits per heavy atom. The summed E-state index contributed by atoms with van der Waals surface area (Å²) in [6.45, 7) is 6.83. The van der Waals surface area contributed by atoms with E-state index in [1.54, 1.807) is 0 Å². The van der Waals surface area contributed by atoms with Gasteiger partial charge >= 0.3 is 0 Å². The van der Waals surface area contributed by atoms with Gasteiger partial charge in [-0.25, -0.2) is 4.98 Å². The summed E-state index contributed by atoms with van der Waals surface area (Å²) in [7, 11) is 0. The number of imidazole rings is 1. The first-order valence-corrected chi connectivity index (χ1v) is 6.79. The number of hydrogen-bond acceptors (Lipinski definition) is 4. The second-order valence-corrected chi connectivity index (χ2v) is 4.49. The quantitative estimate of drug-likeness (QED) is 0.681. The first-order valence-electron chi connectivity index (χ1n) is 6.79. The predicted molar refractivity (Wildman–Crippen MR) is 69.2 cm³/mol. The fourth-order valence-electron chi connectivity index (χ4n) is 2.01. The molecule has 0 aliphatic heterocycles. The predicted octanol–water partition coefficient (Wildman–Crippen LogP) is 1.71. The van der Waals surface area contributed by atoms with Crippen LogP contribution >= 0.6 is 0 Å². The van der Waals surface area contributed by atoms with E-state index in [-0.39, 0.29) is 6.29 Å². The number of nitrogens with one attached hydrogen (secondary N) is 1. The molecule has 2 rings (SSSR count). The van der Waals surface area contributed by atoms with Crippen molar-refractivity contribution in [3.63, 3.8) is 0 Å². The van der Waals surface area contributed by atoms with Crippen molar-refractivity contribution in [3.05, 3.63) is 18.2 Å². The van der Waals surface area contributed by atoms with Gasteiger partial charge in [-0.05, 0) is 26.7 Å². The lowest BCUT2D eigenvalue weighted by Gasteiger charge is -2.17. The maximum Gasteiger partial charge on any atom is 0.169 e. The third kappa shape index (κ3) is 3.80. The van der Waals surface area contributed by atoms with Crippen LogP contribution in [0, 0.1) is 0 Å². The zero-order valence-electron chi connectivity index (χ0n) is 11.3. The van der Waals surface area contributed by atoms with Crippen LogP contribution in [-0.4, -0.2) is 35.6 Å². The molecular weight excluding hydrogens is 230 g/mol. The van der Waals surface area contributed by atoms with Crippen LogP contribution in [0.5, 0.6) is 0 Å². The average molecular weight is 253 g/mol. The molecule has 1 aromatic rings. The molecule has 0 amide bonds. The highest BCUT2D eigenvalue weighted by molar-refractivity contribution is 5.03. The molecule has 0 bridgehead atoms. The molecule has 1 N–H and O–H groups in total. The van der Waals surface area contributed by atoms with Crippen LogP contribution in [-0.2, 0) is 16.0 Å². The monoisotopic (exact) mass is 253 g/mol. The highest BCUT2D eigenvalue weighted by Crippen LogP contribution is 2.35. The molecule has 1 aliphatic rings. The van der Waals surface area contributed by atoms with Gasteiger partial charge in [0.2, 0.25) is 0 Å². The summed E-state index contributed by atoms with van der Waals surface area (Å²) in [5.74, 6) is 0. The number of aromatic nitrogens is 2. The van der Waals surface area contributed by atoms with Crippen LogP contribution in [0.4, 0.5) is 0 Å². The second-order valence-electron chi connectivity index (χ2n) is 4.49. The standard InChI is InChI=1S/C13H23N3O2/c1-3-17-13(18-4-2)9-14-7-12-8-15-10-16(12)11-5-6-11/h8,10-11,13-14H,3-7,9H2,1-2H3. The second kappa shape index (κ2) is 6.87. The summed E-state index contributed by atoms with van der Waals surface area (Å²) in [5, 5.41) is 3.37. The van der Waals surface area contributed by atoms with Crippen LogP contribution in [0.2, 0.25) is 0 Å². The van der Waals surface area contributed by atoms with Crippen LogP contribution < -0.4 is 5.32 Å². The highest BCUT2D eigenvalue weighted by Gasteiger charge is 2.24. The molecule has 1 aliphatic carbocycles. The van der Waals surface area contributed by atoms with Gasteiger partial charge in [0.1, 0.15) is 0 Å². The molecule has 1 heterocycles. The van der Waals surface area contributed by atoms with Crippen LogP contribution in [0.25, 0.3) is 0 Å². The van der Waals surface area contributed by atoms with E-state index in [0.29, 0.717) is 25.8 Å². The van der Waals surface area contributed by atoms with E-state index in [2.05, 4.69) is 14.9 Å². The molecule has 5 heteroatoms. The van der Waals surface area contributed by atoms with Crippen molar-refractivity contribution in [2.75, 3.05) is 19.8 Å². The number of rotatable bonds is 9. The third-order valence-corrected chi connectivity index (χ3v) is 3.01. The molecular formula is C13H23N3O2. The van der Waals surface area contributed by atoms with Crippen molar-refractivity contribution in [3.8, 4) is 0 Å². The van der Waals surface area contributed by atoms with E-state index >= 15 is 0 Å². The highest BCUT2D eigenvalue weighted by atomic mass is 16.7. The molecule has 102 valence electrons. The minimum absolute atomic E-state index is 0.155. The maximum absolute atomic E-state index is 5.48. The Labute approximate surface area is 108 Å². The molecule has 0 aromatic carbocycles. The van der Waals surface area contributed by atoms with Crippen molar-refractivity contribution in [2.24, 2.45) is 0 Å². The number of ether oxygens (including phenoxy) is 2. The summed E-state index contributed by atoms with van der Waals surface area (Å²) in [6.07, 6.45) is 6.27. The van der Waals surface area contributed by atoms with Crippen molar-refractivity contribution < 1.29 is 9.47 Å². The van der Waals surface area contributed by atoms with E-state index in [0.717, 1.165) is 6.54 Å². The summed E-state index contributed by atoms with van der Waals surface area (Å²) >= 11 is 0. The first-order chi connectivity index (χ1) is 8.85. The largest absolute Gasteiger partial charge is 0.352 e. The van der Waals surface area contributed by atoms with Gasteiger partial charge in [0, 0.05) is 38.5 Å². The summed E-state index contributed by atoms with van der Waals surface area (Å²) in [5.41, 5.74) is 1.24. The summed E-state index contributed by atoms with van der Waals surface area (Å²) < 4.78 is 13.2. The Bertz CT molecular complexity index is 344. The van der Waals surface area contributed by atoms with Crippen LogP contribution in [0.1, 0.15) is 38.4 Å². The minimum Gasteiger partial charge on any atom is -0.352 e. The lowest BCUT2D eigenvalue weighted by atomic mass is 10.4. The Kier molecular flexibility index (Phi) is 5.16. The summed E-state index contributed by atoms with van der Waals surface area (Å²) in [4.78, 5) is 4.21. The third-order valence-electron chi connectivity index (χ3n) is 3.01. The van der Waals surface area contributed by atoms with Crippen LogP contribution in [0.15, 0.2) is 12.5 Å². The van der Waals surface area contributed by atoms with E-state index in [4.69, 9.17) is 9.47 Å². The van der Waals surface area contributed by atoms with Crippen molar-refractivity contribution in [1.82, 2.24) is 14.9 Å². The molecule has 0 radical (unpaired) electrons. The summed E-state index contributed by atoms with van der Waals surface area (Å²) in [6, 6.07) is 0.680. The first kappa shape index (κ1) is 13.5. The van der Waals surface area contributed by atoms with Gasteiger partial charge in [0.25, 0.3) is 0 Å². The van der Waals surface area contributed by atoms with E-state index in [9.17, 15) is 0 Å². The van der Waals surface area contributed by atoms with E-state index < -0.39 is 0 Å².